The van der Waals surface area contributed by atoms with E-state index in [1.165, 1.54) is 17.7 Å². The van der Waals surface area contributed by atoms with Gasteiger partial charge in [0.25, 0.3) is 0 Å². The fraction of sp³-hybridized carbons (Fsp3) is 0.438. The van der Waals surface area contributed by atoms with E-state index in [0.717, 1.165) is 54.5 Å². The van der Waals surface area contributed by atoms with Gasteiger partial charge in [-0.1, -0.05) is 37.2 Å². The molecule has 3 atom stereocenters. The molecule has 3 unspecified atom stereocenters. The van der Waals surface area contributed by atoms with Crippen LogP contribution in [0.4, 0.5) is 4.39 Å². The van der Waals surface area contributed by atoms with Crippen LogP contribution in [-0.4, -0.2) is 24.4 Å². The number of aromatic nitrogens is 1. The van der Waals surface area contributed by atoms with Crippen molar-refractivity contribution in [2.75, 3.05) is 13.3 Å². The molecule has 2 heterocycles. The minimum absolute atomic E-state index is 0.0530. The van der Waals surface area contributed by atoms with E-state index in [2.05, 4.69) is 30.9 Å². The molecule has 204 valence electrons. The van der Waals surface area contributed by atoms with Gasteiger partial charge in [0.1, 0.15) is 5.82 Å². The molecule has 2 aliphatic carbocycles. The smallest absolute Gasteiger partial charge is 0.244 e. The van der Waals surface area contributed by atoms with Crippen LogP contribution in [0.5, 0.6) is 11.5 Å². The van der Waals surface area contributed by atoms with Crippen molar-refractivity contribution in [1.82, 2.24) is 10.5 Å². The molecule has 39 heavy (non-hydrogen) atoms. The van der Waals surface area contributed by atoms with E-state index in [1.54, 1.807) is 18.2 Å². The predicted molar refractivity (Wildman–Crippen MR) is 148 cm³/mol. The maximum Gasteiger partial charge on any atom is 0.244 e. The monoisotopic (exact) mass is 530 g/mol. The number of halogens is 1. The molecule has 0 saturated heterocycles. The van der Waals surface area contributed by atoms with Crippen LogP contribution in [0.15, 0.2) is 59.1 Å². The lowest BCUT2D eigenvalue weighted by Crippen LogP contribution is -2.29. The third-order valence-electron chi connectivity index (χ3n) is 9.33. The second kappa shape index (κ2) is 10.2. The highest BCUT2D eigenvalue weighted by atomic mass is 19.1. The molecule has 3 aromatic rings. The van der Waals surface area contributed by atoms with Gasteiger partial charge < -0.3 is 19.3 Å². The van der Waals surface area contributed by atoms with E-state index in [-0.39, 0.29) is 23.9 Å². The maximum atomic E-state index is 13.5. The van der Waals surface area contributed by atoms with Crippen LogP contribution in [0, 0.1) is 29.0 Å². The van der Waals surface area contributed by atoms with Gasteiger partial charge in [-0.25, -0.2) is 4.39 Å². The lowest BCUT2D eigenvalue weighted by Gasteiger charge is -2.32. The lowest BCUT2D eigenvalue weighted by molar-refractivity contribution is -0.116. The number of nitrogens with one attached hydrogen (secondary N) is 1. The molecule has 0 bridgehead atoms. The molecule has 3 aliphatic rings. The van der Waals surface area contributed by atoms with Crippen LogP contribution in [0.3, 0.4) is 0 Å². The Kier molecular flexibility index (Phi) is 6.69. The number of ether oxygens (including phenoxy) is 2. The third-order valence-corrected chi connectivity index (χ3v) is 9.33. The number of rotatable bonds is 8. The average Bonchev–Trinajstić information content (AvgIpc) is 3.35. The van der Waals surface area contributed by atoms with Crippen LogP contribution in [0.25, 0.3) is 17.0 Å². The summed E-state index contributed by atoms with van der Waals surface area (Å²) in [5, 5.41) is 8.31. The maximum absolute atomic E-state index is 13.5. The number of fused-ring (bicyclic) bond motifs is 2. The van der Waals surface area contributed by atoms with Gasteiger partial charge in [-0.05, 0) is 85.8 Å². The molecule has 6 rings (SSSR count). The number of carbonyl (C=O) groups is 1. The van der Waals surface area contributed by atoms with E-state index in [0.29, 0.717) is 41.5 Å². The van der Waals surface area contributed by atoms with Gasteiger partial charge in [-0.15, -0.1) is 0 Å². The standard InChI is InChI=1S/C32H35FN2O4/c1-19(22-6-8-23(9-7-22)31-25-11-10-24(33)16-28(25)39-35-31)14-26-20(2)32(26,3)17-34-30(36)13-5-21-4-12-27-29(15-21)38-18-37-27/h4-5,10-13,15-16,19,22-23,26H,2,6-9,14,17-18H2,1,3H3,(H,34,36). The highest BCUT2D eigenvalue weighted by Crippen LogP contribution is 2.60. The fourth-order valence-corrected chi connectivity index (χ4v) is 6.56. The highest BCUT2D eigenvalue weighted by molar-refractivity contribution is 5.92. The zero-order chi connectivity index (χ0) is 27.1. The van der Waals surface area contributed by atoms with Crippen LogP contribution >= 0.6 is 0 Å². The first-order valence-electron chi connectivity index (χ1n) is 13.9. The lowest BCUT2D eigenvalue weighted by atomic mass is 9.73. The topological polar surface area (TPSA) is 73.6 Å². The van der Waals surface area contributed by atoms with Gasteiger partial charge in [0.15, 0.2) is 17.1 Å². The zero-order valence-electron chi connectivity index (χ0n) is 22.5. The number of nitrogens with zero attached hydrogens (tertiary/aromatic N) is 1. The quantitative estimate of drug-likeness (QED) is 0.250. The van der Waals surface area contributed by atoms with Crippen molar-refractivity contribution in [3.63, 3.8) is 0 Å². The molecule has 2 fully saturated rings. The Balaban J connectivity index is 0.975. The van der Waals surface area contributed by atoms with Gasteiger partial charge in [-0.3, -0.25) is 4.79 Å². The van der Waals surface area contributed by atoms with Crippen LogP contribution in [-0.2, 0) is 4.79 Å². The van der Waals surface area contributed by atoms with Gasteiger partial charge in [0, 0.05) is 35.4 Å². The van der Waals surface area contributed by atoms with E-state index in [9.17, 15) is 9.18 Å². The summed E-state index contributed by atoms with van der Waals surface area (Å²) in [7, 11) is 0. The van der Waals surface area contributed by atoms with E-state index < -0.39 is 0 Å². The van der Waals surface area contributed by atoms with Crippen LogP contribution in [0.2, 0.25) is 0 Å². The van der Waals surface area contributed by atoms with E-state index in [1.807, 2.05) is 18.2 Å². The number of hydrogen-bond donors (Lipinski definition) is 1. The molecule has 2 aromatic carbocycles. The largest absolute Gasteiger partial charge is 0.454 e. The Morgan fingerprint density at radius 1 is 1.18 bits per heavy atom. The number of hydrogen-bond acceptors (Lipinski definition) is 5. The molecule has 2 saturated carbocycles. The average molecular weight is 531 g/mol. The first-order chi connectivity index (χ1) is 18.8. The van der Waals surface area contributed by atoms with E-state index >= 15 is 0 Å². The van der Waals surface area contributed by atoms with Crippen LogP contribution in [0.1, 0.15) is 63.1 Å². The molecular weight excluding hydrogens is 495 g/mol. The van der Waals surface area contributed by atoms with Crippen molar-refractivity contribution in [3.8, 4) is 11.5 Å². The van der Waals surface area contributed by atoms with Gasteiger partial charge in [-0.2, -0.15) is 0 Å². The summed E-state index contributed by atoms with van der Waals surface area (Å²) >= 11 is 0. The predicted octanol–water partition coefficient (Wildman–Crippen LogP) is 7.02. The van der Waals surface area contributed by atoms with Gasteiger partial charge in [0.2, 0.25) is 12.7 Å². The van der Waals surface area contributed by atoms with Crippen molar-refractivity contribution in [2.45, 2.75) is 51.9 Å². The summed E-state index contributed by atoms with van der Waals surface area (Å²) < 4.78 is 29.7. The van der Waals surface area contributed by atoms with Crippen molar-refractivity contribution >= 4 is 23.0 Å². The second-order valence-corrected chi connectivity index (χ2v) is 11.7. The van der Waals surface area contributed by atoms with E-state index in [4.69, 9.17) is 14.0 Å². The van der Waals surface area contributed by atoms with Crippen molar-refractivity contribution < 1.29 is 23.2 Å². The molecule has 1 N–H and O–H groups in total. The first-order valence-corrected chi connectivity index (χ1v) is 13.9. The Hall–Kier alpha value is -3.61. The Labute approximate surface area is 228 Å². The molecule has 6 nitrogen and oxygen atoms in total. The second-order valence-electron chi connectivity index (χ2n) is 11.7. The molecule has 1 aliphatic heterocycles. The number of amides is 1. The number of benzene rings is 2. The fourth-order valence-electron chi connectivity index (χ4n) is 6.56. The summed E-state index contributed by atoms with van der Waals surface area (Å²) in [6.07, 6.45) is 8.90. The van der Waals surface area contributed by atoms with Crippen molar-refractivity contribution in [1.29, 1.82) is 0 Å². The zero-order valence-corrected chi connectivity index (χ0v) is 22.5. The molecule has 0 spiro atoms. The Morgan fingerprint density at radius 3 is 2.79 bits per heavy atom. The Morgan fingerprint density at radius 2 is 1.97 bits per heavy atom. The summed E-state index contributed by atoms with van der Waals surface area (Å²) in [6, 6.07) is 10.3. The molecular formula is C32H35FN2O4. The van der Waals surface area contributed by atoms with Crippen LogP contribution < -0.4 is 14.8 Å². The molecule has 1 aromatic heterocycles. The minimum Gasteiger partial charge on any atom is -0.454 e. The third kappa shape index (κ3) is 5.07. The minimum atomic E-state index is -0.298. The molecule has 0 radical (unpaired) electrons. The number of carbonyl (C=O) groups excluding carboxylic acids is 1. The van der Waals surface area contributed by atoms with Crippen molar-refractivity contribution in [3.05, 3.63) is 71.7 Å². The summed E-state index contributed by atoms with van der Waals surface area (Å²) in [5.41, 5.74) is 3.58. The van der Waals surface area contributed by atoms with Gasteiger partial charge in [0.05, 0.1) is 5.69 Å². The molecule has 1 amide bonds. The first kappa shape index (κ1) is 25.7. The summed E-state index contributed by atoms with van der Waals surface area (Å²) in [6.45, 7) is 9.75. The van der Waals surface area contributed by atoms with Gasteiger partial charge >= 0.3 is 0 Å². The van der Waals surface area contributed by atoms with Crippen molar-refractivity contribution in [2.24, 2.45) is 23.2 Å². The molecule has 7 heteroatoms. The summed E-state index contributed by atoms with van der Waals surface area (Å²) in [5.74, 6) is 3.06. The Bertz CT molecular complexity index is 1440. The summed E-state index contributed by atoms with van der Waals surface area (Å²) in [4.78, 5) is 12.5. The SMILES string of the molecule is C=C1C(CC(C)C2CCC(c3noc4cc(F)ccc34)CC2)C1(C)CNC(=O)C=Cc1ccc2c(c1)OCO2. The normalized spacial score (nSPS) is 26.7. The highest BCUT2D eigenvalue weighted by Gasteiger charge is 2.54.